The van der Waals surface area contributed by atoms with Gasteiger partial charge in [-0.2, -0.15) is 17.6 Å². The molecule has 0 fully saturated rings. The Balaban J connectivity index is 2.67. The summed E-state index contributed by atoms with van der Waals surface area (Å²) in [6, 6.07) is 8.25. The molecule has 98 valence electrons. The third-order valence-corrected chi connectivity index (χ3v) is 2.92. The lowest BCUT2D eigenvalue weighted by atomic mass is 10.2. The molecule has 2 nitrogen and oxygen atoms in total. The molecule has 0 unspecified atom stereocenters. The number of esters is 1. The van der Waals surface area contributed by atoms with Gasteiger partial charge in [0.05, 0.1) is 0 Å². The first-order chi connectivity index (χ1) is 8.32. The van der Waals surface area contributed by atoms with Gasteiger partial charge in [0.15, 0.2) is 0 Å². The van der Waals surface area contributed by atoms with Crippen molar-refractivity contribution in [1.29, 1.82) is 0 Å². The minimum Gasteiger partial charge on any atom is -0.456 e. The van der Waals surface area contributed by atoms with E-state index >= 15 is 0 Å². The maximum atomic E-state index is 13.1. The maximum Gasteiger partial charge on any atom is 0.425 e. The summed E-state index contributed by atoms with van der Waals surface area (Å²) in [6.07, 6.45) is -4.89. The number of carbonyl (C=O) groups excluding carboxylic acids is 1. The molecule has 0 amide bonds. The predicted octanol–water partition coefficient (Wildman–Crippen LogP) is 3.91. The normalized spacial score (nSPS) is 12.9. The number of ether oxygens (including phenoxy) is 1. The summed E-state index contributed by atoms with van der Waals surface area (Å²) in [5.41, 5.74) is 0.556. The highest BCUT2D eigenvalue weighted by Gasteiger charge is 2.37. The molecule has 18 heavy (non-hydrogen) atoms. The van der Waals surface area contributed by atoms with Crippen LogP contribution in [-0.4, -0.2) is 12.1 Å². The third kappa shape index (κ3) is 4.28. The predicted molar refractivity (Wildman–Crippen MR) is 64.4 cm³/mol. The van der Waals surface area contributed by atoms with Crippen LogP contribution in [-0.2, 0) is 16.1 Å². The van der Waals surface area contributed by atoms with Gasteiger partial charge in [0.25, 0.3) is 0 Å². The molecule has 0 spiro atoms. The average molecular weight is 374 g/mol. The smallest absolute Gasteiger partial charge is 0.425 e. The number of alkyl halides is 3. The second-order valence-corrected chi connectivity index (χ2v) is 4.27. The van der Waals surface area contributed by atoms with Crippen molar-refractivity contribution in [1.82, 2.24) is 0 Å². The van der Waals surface area contributed by atoms with Gasteiger partial charge in [-0.15, -0.1) is 0 Å². The Kier molecular flexibility index (Phi) is 5.12. The molecule has 0 aliphatic rings. The quantitative estimate of drug-likeness (QED) is 0.347. The molecule has 1 aromatic rings. The number of carbonyl (C=O) groups is 1. The van der Waals surface area contributed by atoms with Crippen molar-refractivity contribution < 1.29 is 27.1 Å². The van der Waals surface area contributed by atoms with E-state index in [9.17, 15) is 22.4 Å². The second kappa shape index (κ2) is 6.17. The van der Waals surface area contributed by atoms with Crippen LogP contribution in [0.4, 0.5) is 17.6 Å². The van der Waals surface area contributed by atoms with Crippen molar-refractivity contribution >= 4 is 28.6 Å². The van der Waals surface area contributed by atoms with Gasteiger partial charge in [-0.05, 0) is 28.2 Å². The van der Waals surface area contributed by atoms with Crippen LogP contribution in [0.3, 0.4) is 0 Å². The van der Waals surface area contributed by atoms with Gasteiger partial charge < -0.3 is 4.74 Å². The number of hydrogen-bond acceptors (Lipinski definition) is 2. The minimum atomic E-state index is -4.89. The summed E-state index contributed by atoms with van der Waals surface area (Å²) in [6.45, 7) is -0.283. The fourth-order valence-corrected chi connectivity index (χ4v) is 1.22. The molecule has 0 aliphatic carbocycles. The molecule has 0 saturated heterocycles. The van der Waals surface area contributed by atoms with E-state index < -0.39 is 21.6 Å². The first-order valence-electron chi connectivity index (χ1n) is 4.66. The average Bonchev–Trinajstić information content (AvgIpc) is 2.34. The molecule has 0 aromatic heterocycles. The topological polar surface area (TPSA) is 26.3 Å². The zero-order chi connectivity index (χ0) is 13.8. The zero-order valence-electron chi connectivity index (χ0n) is 8.80. The molecule has 7 heteroatoms. The van der Waals surface area contributed by atoms with E-state index in [1.165, 1.54) is 0 Å². The maximum absolute atomic E-state index is 13.1. The van der Waals surface area contributed by atoms with Crippen molar-refractivity contribution in [3.8, 4) is 0 Å². The van der Waals surface area contributed by atoms with Crippen LogP contribution in [0, 0.1) is 0 Å². The lowest BCUT2D eigenvalue weighted by molar-refractivity contribution is -0.143. The fourth-order valence-electron chi connectivity index (χ4n) is 1.00. The summed E-state index contributed by atoms with van der Waals surface area (Å²) >= 11 is 0.723. The number of halogens is 5. The monoisotopic (exact) mass is 374 g/mol. The highest BCUT2D eigenvalue weighted by molar-refractivity contribution is 14.1. The van der Waals surface area contributed by atoms with E-state index in [-0.39, 0.29) is 6.61 Å². The summed E-state index contributed by atoms with van der Waals surface area (Å²) in [4.78, 5) is 11.0. The Bertz CT molecular complexity index is 454. The first-order valence-corrected chi connectivity index (χ1v) is 5.73. The van der Waals surface area contributed by atoms with Crippen molar-refractivity contribution in [3.63, 3.8) is 0 Å². The minimum absolute atomic E-state index is 0.283. The van der Waals surface area contributed by atoms with Crippen LogP contribution >= 0.6 is 22.6 Å². The van der Waals surface area contributed by atoms with Gasteiger partial charge >= 0.3 is 12.1 Å². The summed E-state index contributed by atoms with van der Waals surface area (Å²) in [5, 5.41) is 0. The van der Waals surface area contributed by atoms with Crippen LogP contribution in [0.5, 0.6) is 0 Å². The molecule has 0 heterocycles. The molecule has 0 aliphatic heterocycles. The van der Waals surface area contributed by atoms with Gasteiger partial charge in [-0.3, -0.25) is 0 Å². The first kappa shape index (κ1) is 14.9. The lowest BCUT2D eigenvalue weighted by Gasteiger charge is -2.07. The fraction of sp³-hybridized carbons (Fsp3) is 0.182. The summed E-state index contributed by atoms with van der Waals surface area (Å²) in [5.74, 6) is -3.56. The van der Waals surface area contributed by atoms with E-state index in [0.29, 0.717) is 5.56 Å². The molecule has 0 atom stereocenters. The SMILES string of the molecule is O=C(OCc1ccccc1)/C(F)=C(\I)C(F)(F)F. The van der Waals surface area contributed by atoms with E-state index in [1.807, 2.05) is 0 Å². The molecule has 0 saturated carbocycles. The number of rotatable bonds is 3. The number of benzene rings is 1. The Morgan fingerprint density at radius 1 is 1.22 bits per heavy atom. The van der Waals surface area contributed by atoms with Crippen LogP contribution in [0.25, 0.3) is 0 Å². The highest BCUT2D eigenvalue weighted by atomic mass is 127. The van der Waals surface area contributed by atoms with Gasteiger partial charge in [0.1, 0.15) is 10.2 Å². The molecular weight excluding hydrogens is 367 g/mol. The van der Waals surface area contributed by atoms with Crippen molar-refractivity contribution in [2.75, 3.05) is 0 Å². The van der Waals surface area contributed by atoms with Crippen LogP contribution in [0.1, 0.15) is 5.56 Å². The molecule has 0 radical (unpaired) electrons. The third-order valence-electron chi connectivity index (χ3n) is 1.83. The van der Waals surface area contributed by atoms with Crippen LogP contribution in [0.2, 0.25) is 0 Å². The Morgan fingerprint density at radius 3 is 2.28 bits per heavy atom. The summed E-state index contributed by atoms with van der Waals surface area (Å²) in [7, 11) is 0. The van der Waals surface area contributed by atoms with Gasteiger partial charge in [-0.25, -0.2) is 4.79 Å². The molecule has 0 bridgehead atoms. The van der Waals surface area contributed by atoms with Crippen molar-refractivity contribution in [3.05, 3.63) is 45.3 Å². The summed E-state index contributed by atoms with van der Waals surface area (Å²) < 4.78 is 52.2. The largest absolute Gasteiger partial charge is 0.456 e. The van der Waals surface area contributed by atoms with Crippen molar-refractivity contribution in [2.24, 2.45) is 0 Å². The van der Waals surface area contributed by atoms with E-state index in [1.54, 1.807) is 30.3 Å². The van der Waals surface area contributed by atoms with E-state index in [0.717, 1.165) is 22.6 Å². The lowest BCUT2D eigenvalue weighted by Crippen LogP contribution is -2.14. The van der Waals surface area contributed by atoms with Gasteiger partial charge in [0, 0.05) is 0 Å². The molecule has 1 rings (SSSR count). The van der Waals surface area contributed by atoms with E-state index in [4.69, 9.17) is 0 Å². The van der Waals surface area contributed by atoms with Crippen LogP contribution in [0.15, 0.2) is 39.7 Å². The molecule has 1 aromatic carbocycles. The van der Waals surface area contributed by atoms with E-state index in [2.05, 4.69) is 4.74 Å². The van der Waals surface area contributed by atoms with Crippen molar-refractivity contribution in [2.45, 2.75) is 12.8 Å². The Labute approximate surface area is 114 Å². The number of hydrogen-bond donors (Lipinski definition) is 0. The zero-order valence-corrected chi connectivity index (χ0v) is 11.0. The van der Waals surface area contributed by atoms with Gasteiger partial charge in [-0.1, -0.05) is 30.3 Å². The number of allylic oxidation sites excluding steroid dienone is 1. The second-order valence-electron chi connectivity index (χ2n) is 3.19. The van der Waals surface area contributed by atoms with Gasteiger partial charge in [0.2, 0.25) is 5.83 Å². The Morgan fingerprint density at radius 2 is 1.78 bits per heavy atom. The Hall–Kier alpha value is -1.12. The molecule has 0 N–H and O–H groups in total. The standard InChI is InChI=1S/C11H7F4IO2/c12-8(9(16)11(13,14)15)10(17)18-6-7-4-2-1-3-5-7/h1-5H,6H2/b9-8+. The van der Waals surface area contributed by atoms with Crippen LogP contribution < -0.4 is 0 Å². The highest BCUT2D eigenvalue weighted by Crippen LogP contribution is 2.34. The molecular formula is C11H7F4IO2.